The fourth-order valence-electron chi connectivity index (χ4n) is 0.991. The molecule has 0 amide bonds. The van der Waals surface area contributed by atoms with Crippen molar-refractivity contribution in [3.63, 3.8) is 0 Å². The van der Waals surface area contributed by atoms with Gasteiger partial charge in [0.2, 0.25) is 0 Å². The highest BCUT2D eigenvalue weighted by Crippen LogP contribution is 2.22. The molecule has 1 aromatic heterocycles. The molecule has 1 rings (SSSR count). The molecule has 16 heavy (non-hydrogen) atoms. The van der Waals surface area contributed by atoms with Crippen molar-refractivity contribution < 1.29 is 14.1 Å². The second kappa shape index (κ2) is 4.63. The van der Waals surface area contributed by atoms with Gasteiger partial charge in [0.1, 0.15) is 9.75 Å². The number of hydrogen-bond acceptors (Lipinski definition) is 4. The third-order valence-corrected chi connectivity index (χ3v) is 5.52. The molecule has 4 nitrogen and oxygen atoms in total. The van der Waals surface area contributed by atoms with Gasteiger partial charge in [0, 0.05) is 15.7 Å². The molecular weight excluding hydrogens is 246 g/mol. The van der Waals surface area contributed by atoms with E-state index < -0.39 is 21.5 Å². The van der Waals surface area contributed by atoms with Gasteiger partial charge in [-0.1, -0.05) is 0 Å². The lowest BCUT2D eigenvalue weighted by Gasteiger charge is -2.17. The lowest BCUT2D eigenvalue weighted by molar-refractivity contribution is -0.139. The predicted octanol–water partition coefficient (Wildman–Crippen LogP) is 1.87. The van der Waals surface area contributed by atoms with E-state index in [4.69, 9.17) is 5.11 Å². The van der Waals surface area contributed by atoms with Gasteiger partial charge in [-0.15, -0.1) is 11.3 Å². The minimum atomic E-state index is -1.46. The van der Waals surface area contributed by atoms with Crippen molar-refractivity contribution in [3.8, 4) is 0 Å². The van der Waals surface area contributed by atoms with E-state index in [2.05, 4.69) is 4.98 Å². The third-order valence-electron chi connectivity index (χ3n) is 2.41. The molecule has 0 saturated carbocycles. The van der Waals surface area contributed by atoms with E-state index in [1.54, 1.807) is 0 Å². The van der Waals surface area contributed by atoms with Crippen LogP contribution in [0.1, 0.15) is 29.4 Å². The maximum atomic E-state index is 11.9. The summed E-state index contributed by atoms with van der Waals surface area (Å²) in [6.45, 7) is 6.78. The lowest BCUT2D eigenvalue weighted by Crippen LogP contribution is -2.37. The van der Waals surface area contributed by atoms with Crippen molar-refractivity contribution in [2.45, 2.75) is 38.2 Å². The summed E-state index contributed by atoms with van der Waals surface area (Å²) in [6.07, 6.45) is 0. The number of aromatic nitrogens is 1. The number of rotatable bonds is 4. The van der Waals surface area contributed by atoms with Gasteiger partial charge >= 0.3 is 5.97 Å². The lowest BCUT2D eigenvalue weighted by atomic mass is 10.2. The SMILES string of the molecule is Cc1nc(CS(=O)C(C)(C)C(=O)O)sc1C. The standard InChI is InChI=1S/C10H15NO3S2/c1-6-7(2)15-8(11-6)5-16(14)10(3,4)9(12)13/h5H2,1-4H3,(H,12,13). The normalized spacial score (nSPS) is 13.8. The van der Waals surface area contributed by atoms with Crippen LogP contribution in [0.15, 0.2) is 0 Å². The van der Waals surface area contributed by atoms with Crippen LogP contribution in [0.25, 0.3) is 0 Å². The van der Waals surface area contributed by atoms with Crippen LogP contribution in [0.3, 0.4) is 0 Å². The summed E-state index contributed by atoms with van der Waals surface area (Å²) in [5.41, 5.74) is 0.921. The summed E-state index contributed by atoms with van der Waals surface area (Å²) in [5.74, 6) is -0.839. The van der Waals surface area contributed by atoms with E-state index in [-0.39, 0.29) is 5.75 Å². The zero-order valence-electron chi connectivity index (χ0n) is 9.73. The molecule has 1 heterocycles. The summed E-state index contributed by atoms with van der Waals surface area (Å²) in [4.78, 5) is 16.3. The highest BCUT2D eigenvalue weighted by Gasteiger charge is 2.34. The van der Waals surface area contributed by atoms with Gasteiger partial charge in [-0.2, -0.15) is 0 Å². The summed E-state index contributed by atoms with van der Waals surface area (Å²) < 4.78 is 10.7. The van der Waals surface area contributed by atoms with Crippen LogP contribution in [0.5, 0.6) is 0 Å². The molecule has 0 fully saturated rings. The third kappa shape index (κ3) is 2.68. The molecule has 0 aliphatic carbocycles. The van der Waals surface area contributed by atoms with E-state index in [1.165, 1.54) is 25.2 Å². The summed E-state index contributed by atoms with van der Waals surface area (Å²) in [6, 6.07) is 0. The average molecular weight is 261 g/mol. The van der Waals surface area contributed by atoms with Gasteiger partial charge in [-0.05, 0) is 27.7 Å². The number of carboxylic acid groups (broad SMARTS) is 1. The van der Waals surface area contributed by atoms with E-state index in [9.17, 15) is 9.00 Å². The highest BCUT2D eigenvalue weighted by atomic mass is 32.2. The monoisotopic (exact) mass is 261 g/mol. The van der Waals surface area contributed by atoms with E-state index in [1.807, 2.05) is 13.8 Å². The maximum Gasteiger partial charge on any atom is 0.321 e. The smallest absolute Gasteiger partial charge is 0.321 e. The topological polar surface area (TPSA) is 67.3 Å². The van der Waals surface area contributed by atoms with Crippen molar-refractivity contribution in [1.82, 2.24) is 4.98 Å². The zero-order chi connectivity index (χ0) is 12.5. The predicted molar refractivity (Wildman–Crippen MR) is 65.1 cm³/mol. The molecule has 0 saturated heterocycles. The first-order chi connectivity index (χ1) is 7.25. The molecule has 1 atom stereocenters. The highest BCUT2D eigenvalue weighted by molar-refractivity contribution is 7.86. The maximum absolute atomic E-state index is 11.9. The molecule has 1 unspecified atom stereocenters. The quantitative estimate of drug-likeness (QED) is 0.898. The number of nitrogens with zero attached hydrogens (tertiary/aromatic N) is 1. The summed E-state index contributed by atoms with van der Waals surface area (Å²) in [5, 5.41) is 9.68. The molecular formula is C10H15NO3S2. The number of carboxylic acids is 1. The Morgan fingerprint density at radius 2 is 2.06 bits per heavy atom. The van der Waals surface area contributed by atoms with Gasteiger partial charge in [0.05, 0.1) is 11.4 Å². The van der Waals surface area contributed by atoms with Crippen LogP contribution < -0.4 is 0 Å². The first-order valence-corrected chi connectivity index (χ1v) is 6.93. The Balaban J connectivity index is 2.83. The fraction of sp³-hybridized carbons (Fsp3) is 0.600. The zero-order valence-corrected chi connectivity index (χ0v) is 11.4. The summed E-state index contributed by atoms with van der Waals surface area (Å²) in [7, 11) is -1.46. The van der Waals surface area contributed by atoms with Crippen LogP contribution >= 0.6 is 11.3 Å². The molecule has 0 bridgehead atoms. The number of aryl methyl sites for hydroxylation is 2. The Morgan fingerprint density at radius 3 is 2.44 bits per heavy atom. The van der Waals surface area contributed by atoms with E-state index >= 15 is 0 Å². The second-order valence-electron chi connectivity index (χ2n) is 4.05. The first-order valence-electron chi connectivity index (χ1n) is 4.80. The second-order valence-corrected chi connectivity index (χ2v) is 7.34. The van der Waals surface area contributed by atoms with Gasteiger partial charge < -0.3 is 5.11 Å². The van der Waals surface area contributed by atoms with Crippen molar-refractivity contribution in [1.29, 1.82) is 0 Å². The van der Waals surface area contributed by atoms with E-state index in [0.29, 0.717) is 0 Å². The van der Waals surface area contributed by atoms with Gasteiger partial charge in [-0.3, -0.25) is 9.00 Å². The molecule has 90 valence electrons. The minimum absolute atomic E-state index is 0.207. The molecule has 0 radical (unpaired) electrons. The summed E-state index contributed by atoms with van der Waals surface area (Å²) >= 11 is 1.47. The van der Waals surface area contributed by atoms with Crippen molar-refractivity contribution >= 4 is 28.1 Å². The van der Waals surface area contributed by atoms with Crippen LogP contribution in [0.2, 0.25) is 0 Å². The number of carbonyl (C=O) groups is 1. The Kier molecular flexibility index (Phi) is 3.85. The Hall–Kier alpha value is -0.750. The molecule has 0 aliphatic rings. The molecule has 1 aromatic rings. The largest absolute Gasteiger partial charge is 0.480 e. The Morgan fingerprint density at radius 1 is 1.50 bits per heavy atom. The molecule has 0 aromatic carbocycles. The van der Waals surface area contributed by atoms with Crippen LogP contribution in [-0.4, -0.2) is 25.0 Å². The van der Waals surface area contributed by atoms with Crippen molar-refractivity contribution in [2.24, 2.45) is 0 Å². The van der Waals surface area contributed by atoms with E-state index in [0.717, 1.165) is 15.6 Å². The van der Waals surface area contributed by atoms with Gasteiger partial charge in [0.15, 0.2) is 0 Å². The first kappa shape index (κ1) is 13.3. The van der Waals surface area contributed by atoms with Crippen molar-refractivity contribution in [3.05, 3.63) is 15.6 Å². The van der Waals surface area contributed by atoms with Crippen LogP contribution in [0, 0.1) is 13.8 Å². The number of thiazole rings is 1. The molecule has 0 aliphatic heterocycles. The van der Waals surface area contributed by atoms with Crippen molar-refractivity contribution in [2.75, 3.05) is 0 Å². The molecule has 0 spiro atoms. The average Bonchev–Trinajstić information content (AvgIpc) is 2.45. The van der Waals surface area contributed by atoms with Crippen LogP contribution in [-0.2, 0) is 21.3 Å². The molecule has 6 heteroatoms. The fourth-order valence-corrected chi connectivity index (χ4v) is 3.12. The Bertz CT molecular complexity index is 418. The number of aliphatic carboxylic acids is 1. The van der Waals surface area contributed by atoms with Gasteiger partial charge in [-0.25, -0.2) is 4.98 Å². The Labute approximate surface area is 101 Å². The minimum Gasteiger partial charge on any atom is -0.480 e. The van der Waals surface area contributed by atoms with Crippen LogP contribution in [0.4, 0.5) is 0 Å². The van der Waals surface area contributed by atoms with Gasteiger partial charge in [0.25, 0.3) is 0 Å². The number of hydrogen-bond donors (Lipinski definition) is 1. The molecule has 1 N–H and O–H groups in total.